The Morgan fingerprint density at radius 3 is 2.29 bits per heavy atom. The van der Waals surface area contributed by atoms with Gasteiger partial charge in [0.1, 0.15) is 5.54 Å². The first-order chi connectivity index (χ1) is 7.86. The van der Waals surface area contributed by atoms with Crippen LogP contribution in [0.25, 0.3) is 0 Å². The zero-order valence-electron chi connectivity index (χ0n) is 11.4. The fraction of sp³-hybridized carbons (Fsp3) is 0.923. The molecule has 0 radical (unpaired) electrons. The summed E-state index contributed by atoms with van der Waals surface area (Å²) in [6.45, 7) is 4.52. The van der Waals surface area contributed by atoms with Crippen molar-refractivity contribution in [2.45, 2.75) is 57.5 Å². The van der Waals surface area contributed by atoms with E-state index in [1.165, 1.54) is 32.1 Å². The molecule has 0 aromatic heterocycles. The molecule has 1 fully saturated rings. The second-order valence-corrected chi connectivity index (χ2v) is 5.78. The number of nitrogens with zero attached hydrogens (tertiary/aromatic N) is 1. The Morgan fingerprint density at radius 2 is 1.88 bits per heavy atom. The van der Waals surface area contributed by atoms with Crippen molar-refractivity contribution in [2.75, 3.05) is 13.6 Å². The van der Waals surface area contributed by atoms with Crippen molar-refractivity contribution in [1.82, 2.24) is 4.90 Å². The number of primary amides is 1. The monoisotopic (exact) mass is 241 g/mol. The molecule has 0 saturated heterocycles. The molecule has 1 aliphatic rings. The molecular weight excluding hydrogens is 214 g/mol. The molecule has 0 heterocycles. The highest BCUT2D eigenvalue weighted by Crippen LogP contribution is 2.29. The fourth-order valence-corrected chi connectivity index (χ4v) is 2.72. The van der Waals surface area contributed by atoms with Crippen molar-refractivity contribution in [1.29, 1.82) is 0 Å². The minimum Gasteiger partial charge on any atom is -0.368 e. The molecule has 1 amide bonds. The molecule has 0 aromatic carbocycles. The predicted molar refractivity (Wildman–Crippen MR) is 70.5 cm³/mol. The Labute approximate surface area is 105 Å². The number of carbonyl (C=O) groups excluding carboxylic acids is 1. The Hall–Kier alpha value is -0.610. The number of carbonyl (C=O) groups is 1. The van der Waals surface area contributed by atoms with E-state index in [-0.39, 0.29) is 0 Å². The first-order valence-electron chi connectivity index (χ1n) is 6.66. The first-order valence-corrected chi connectivity index (χ1v) is 6.66. The molecule has 1 atom stereocenters. The maximum Gasteiger partial charge on any atom is 0.238 e. The Kier molecular flexibility index (Phi) is 4.95. The number of nitrogens with two attached hydrogens (primary N) is 2. The molecule has 1 rings (SSSR count). The average molecular weight is 241 g/mol. The van der Waals surface area contributed by atoms with Gasteiger partial charge in [0.2, 0.25) is 5.91 Å². The van der Waals surface area contributed by atoms with Crippen molar-refractivity contribution in [3.63, 3.8) is 0 Å². The van der Waals surface area contributed by atoms with Crippen LogP contribution in [0.4, 0.5) is 0 Å². The van der Waals surface area contributed by atoms with Gasteiger partial charge in [-0.25, -0.2) is 0 Å². The van der Waals surface area contributed by atoms with Gasteiger partial charge in [-0.2, -0.15) is 0 Å². The van der Waals surface area contributed by atoms with Gasteiger partial charge < -0.3 is 16.4 Å². The highest BCUT2D eigenvalue weighted by molar-refractivity contribution is 5.84. The van der Waals surface area contributed by atoms with Crippen molar-refractivity contribution in [3.8, 4) is 0 Å². The molecule has 0 aliphatic heterocycles. The zero-order valence-corrected chi connectivity index (χ0v) is 11.4. The minimum absolute atomic E-state index is 0.424. The van der Waals surface area contributed by atoms with Gasteiger partial charge in [-0.1, -0.05) is 13.3 Å². The summed E-state index contributed by atoms with van der Waals surface area (Å²) in [7, 11) is 2.05. The lowest BCUT2D eigenvalue weighted by Crippen LogP contribution is -2.57. The zero-order chi connectivity index (χ0) is 13.1. The Morgan fingerprint density at radius 1 is 1.35 bits per heavy atom. The summed E-state index contributed by atoms with van der Waals surface area (Å²) in [5.74, 6) is 0.464. The summed E-state index contributed by atoms with van der Waals surface area (Å²) < 4.78 is 0. The smallest absolute Gasteiger partial charge is 0.238 e. The second-order valence-electron chi connectivity index (χ2n) is 5.78. The number of hydrogen-bond acceptors (Lipinski definition) is 3. The standard InChI is InChI=1S/C13H27N3O/c1-4-10-5-7-11(8-6-10)16(3)9-13(2,15)12(14)17/h10-11H,4-9,15H2,1-3H3,(H2,14,17). The second kappa shape index (κ2) is 5.83. The van der Waals surface area contributed by atoms with Gasteiger partial charge in [-0.3, -0.25) is 4.79 Å². The van der Waals surface area contributed by atoms with Crippen LogP contribution in [-0.2, 0) is 4.79 Å². The number of amides is 1. The summed E-state index contributed by atoms with van der Waals surface area (Å²) in [6.07, 6.45) is 6.30. The average Bonchev–Trinajstić information content (AvgIpc) is 2.28. The summed E-state index contributed by atoms with van der Waals surface area (Å²) in [6, 6.07) is 0.556. The first kappa shape index (κ1) is 14.5. The number of rotatable bonds is 5. The van der Waals surface area contributed by atoms with Crippen LogP contribution in [0.1, 0.15) is 46.0 Å². The normalized spacial score (nSPS) is 29.0. The molecule has 0 aromatic rings. The lowest BCUT2D eigenvalue weighted by Gasteiger charge is -2.37. The summed E-state index contributed by atoms with van der Waals surface area (Å²) in [5, 5.41) is 0. The number of likely N-dealkylation sites (N-methyl/N-ethyl adjacent to an activating group) is 1. The Bertz CT molecular complexity index is 257. The van der Waals surface area contributed by atoms with Crippen LogP contribution in [0.5, 0.6) is 0 Å². The van der Waals surface area contributed by atoms with E-state index in [9.17, 15) is 4.79 Å². The minimum atomic E-state index is -0.920. The third-order valence-corrected chi connectivity index (χ3v) is 4.16. The van der Waals surface area contributed by atoms with Gasteiger partial charge in [0.25, 0.3) is 0 Å². The van der Waals surface area contributed by atoms with E-state index in [0.29, 0.717) is 12.6 Å². The third-order valence-electron chi connectivity index (χ3n) is 4.16. The van der Waals surface area contributed by atoms with Gasteiger partial charge in [0.05, 0.1) is 0 Å². The van der Waals surface area contributed by atoms with E-state index in [1.54, 1.807) is 6.92 Å². The van der Waals surface area contributed by atoms with Crippen LogP contribution in [0, 0.1) is 5.92 Å². The van der Waals surface area contributed by atoms with Gasteiger partial charge >= 0.3 is 0 Å². The molecule has 4 heteroatoms. The van der Waals surface area contributed by atoms with Crippen molar-refractivity contribution < 1.29 is 4.79 Å². The van der Waals surface area contributed by atoms with Crippen molar-refractivity contribution >= 4 is 5.91 Å². The third kappa shape index (κ3) is 3.96. The van der Waals surface area contributed by atoms with Crippen LogP contribution < -0.4 is 11.5 Å². The highest BCUT2D eigenvalue weighted by Gasteiger charge is 2.31. The van der Waals surface area contributed by atoms with Crippen LogP contribution in [0.15, 0.2) is 0 Å². The van der Waals surface area contributed by atoms with Crippen molar-refractivity contribution in [3.05, 3.63) is 0 Å². The van der Waals surface area contributed by atoms with E-state index in [4.69, 9.17) is 11.5 Å². The van der Waals surface area contributed by atoms with Crippen LogP contribution in [0.3, 0.4) is 0 Å². The van der Waals surface area contributed by atoms with Gasteiger partial charge in [-0.05, 0) is 45.6 Å². The fourth-order valence-electron chi connectivity index (χ4n) is 2.72. The van der Waals surface area contributed by atoms with E-state index in [1.807, 2.05) is 7.05 Å². The van der Waals surface area contributed by atoms with E-state index >= 15 is 0 Å². The molecular formula is C13H27N3O. The SMILES string of the molecule is CCC1CCC(N(C)CC(C)(N)C(N)=O)CC1. The largest absolute Gasteiger partial charge is 0.368 e. The van der Waals surface area contributed by atoms with E-state index < -0.39 is 11.4 Å². The molecule has 1 saturated carbocycles. The quantitative estimate of drug-likeness (QED) is 0.757. The molecule has 1 aliphatic carbocycles. The topological polar surface area (TPSA) is 72.3 Å². The Balaban J connectivity index is 2.44. The van der Waals surface area contributed by atoms with Crippen molar-refractivity contribution in [2.24, 2.45) is 17.4 Å². The van der Waals surface area contributed by atoms with Gasteiger partial charge in [-0.15, -0.1) is 0 Å². The molecule has 4 nitrogen and oxygen atoms in total. The number of hydrogen-bond donors (Lipinski definition) is 2. The lowest BCUT2D eigenvalue weighted by atomic mass is 9.83. The molecule has 1 unspecified atom stereocenters. The van der Waals surface area contributed by atoms with E-state index in [2.05, 4.69) is 11.8 Å². The summed E-state index contributed by atoms with van der Waals surface area (Å²) in [4.78, 5) is 13.4. The summed E-state index contributed by atoms with van der Waals surface area (Å²) in [5.41, 5.74) is 10.3. The summed E-state index contributed by atoms with van der Waals surface area (Å²) >= 11 is 0. The van der Waals surface area contributed by atoms with Crippen LogP contribution >= 0.6 is 0 Å². The van der Waals surface area contributed by atoms with Crippen LogP contribution in [0.2, 0.25) is 0 Å². The maximum absolute atomic E-state index is 11.2. The van der Waals surface area contributed by atoms with Crippen LogP contribution in [-0.4, -0.2) is 36.0 Å². The highest BCUT2D eigenvalue weighted by atomic mass is 16.1. The molecule has 0 spiro atoms. The predicted octanol–water partition coefficient (Wildman–Crippen LogP) is 1.09. The molecule has 17 heavy (non-hydrogen) atoms. The maximum atomic E-state index is 11.2. The van der Waals surface area contributed by atoms with E-state index in [0.717, 1.165) is 5.92 Å². The van der Waals surface area contributed by atoms with Gasteiger partial charge in [0.15, 0.2) is 0 Å². The molecule has 4 N–H and O–H groups in total. The van der Waals surface area contributed by atoms with Gasteiger partial charge in [0, 0.05) is 12.6 Å². The molecule has 100 valence electrons. The molecule has 0 bridgehead atoms. The lowest BCUT2D eigenvalue weighted by molar-refractivity contribution is -0.123.